The average Bonchev–Trinajstić information content (AvgIpc) is 3.25. The maximum absolute atomic E-state index is 12.2. The van der Waals surface area contributed by atoms with Crippen LogP contribution in [0.15, 0.2) is 40.7 Å². The van der Waals surface area contributed by atoms with Gasteiger partial charge in [-0.05, 0) is 13.8 Å². The molecule has 27 heavy (non-hydrogen) atoms. The molecule has 0 spiro atoms. The Morgan fingerprint density at radius 1 is 1.15 bits per heavy atom. The molecule has 0 bridgehead atoms. The van der Waals surface area contributed by atoms with Crippen LogP contribution in [0.3, 0.4) is 0 Å². The van der Waals surface area contributed by atoms with Crippen LogP contribution in [0.5, 0.6) is 0 Å². The van der Waals surface area contributed by atoms with E-state index >= 15 is 0 Å². The van der Waals surface area contributed by atoms with Gasteiger partial charge < -0.3 is 5.32 Å². The van der Waals surface area contributed by atoms with Crippen LogP contribution in [0.4, 0.5) is 5.13 Å². The van der Waals surface area contributed by atoms with Gasteiger partial charge in [0.15, 0.2) is 5.13 Å². The summed E-state index contributed by atoms with van der Waals surface area (Å²) in [5.74, 6) is 0.104. The first kappa shape index (κ1) is 18.0. The van der Waals surface area contributed by atoms with Gasteiger partial charge in [-0.25, -0.2) is 9.97 Å². The highest BCUT2D eigenvalue weighted by molar-refractivity contribution is 8.00. The van der Waals surface area contributed by atoms with E-state index in [1.807, 2.05) is 49.6 Å². The van der Waals surface area contributed by atoms with Crippen molar-refractivity contribution in [1.29, 1.82) is 0 Å². The van der Waals surface area contributed by atoms with Gasteiger partial charge >= 0.3 is 0 Å². The van der Waals surface area contributed by atoms with Gasteiger partial charge in [-0.3, -0.25) is 4.79 Å². The van der Waals surface area contributed by atoms with Crippen LogP contribution >= 0.6 is 34.4 Å². The van der Waals surface area contributed by atoms with Crippen molar-refractivity contribution in [2.24, 2.45) is 0 Å². The molecule has 3 aromatic heterocycles. The zero-order valence-corrected chi connectivity index (χ0v) is 17.0. The van der Waals surface area contributed by atoms with E-state index in [2.05, 4.69) is 25.5 Å². The Balaban J connectivity index is 1.57. The van der Waals surface area contributed by atoms with E-state index in [4.69, 9.17) is 0 Å². The molecule has 1 aromatic carbocycles. The van der Waals surface area contributed by atoms with Crippen LogP contribution in [0.1, 0.15) is 10.7 Å². The Labute approximate surface area is 168 Å². The molecule has 1 N–H and O–H groups in total. The Kier molecular flexibility index (Phi) is 5.15. The van der Waals surface area contributed by atoms with E-state index in [9.17, 15) is 4.79 Å². The molecule has 4 rings (SSSR count). The predicted octanol–water partition coefficient (Wildman–Crippen LogP) is 4.56. The Morgan fingerprint density at radius 2 is 1.96 bits per heavy atom. The summed E-state index contributed by atoms with van der Waals surface area (Å²) in [4.78, 5) is 21.1. The SMILES string of the molecule is Cc1csc(NC(=O)CSc2nnc(-c3ccccc3)c3sc(C)nc23)n1. The molecule has 0 aliphatic carbocycles. The van der Waals surface area contributed by atoms with Gasteiger partial charge in [0.25, 0.3) is 0 Å². The fourth-order valence-electron chi connectivity index (χ4n) is 2.50. The van der Waals surface area contributed by atoms with E-state index < -0.39 is 0 Å². The number of benzene rings is 1. The Hall–Kier alpha value is -2.36. The van der Waals surface area contributed by atoms with Crippen molar-refractivity contribution in [2.75, 3.05) is 11.1 Å². The fourth-order valence-corrected chi connectivity index (χ4v) is 4.92. The maximum Gasteiger partial charge on any atom is 0.236 e. The van der Waals surface area contributed by atoms with Crippen LogP contribution in [0.25, 0.3) is 21.5 Å². The quantitative estimate of drug-likeness (QED) is 0.483. The number of rotatable bonds is 5. The number of hydrogen-bond donors (Lipinski definition) is 1. The summed E-state index contributed by atoms with van der Waals surface area (Å²) in [5, 5.41) is 15.7. The maximum atomic E-state index is 12.2. The van der Waals surface area contributed by atoms with Gasteiger partial charge in [0.1, 0.15) is 16.2 Å². The molecule has 0 saturated carbocycles. The molecule has 0 unspecified atom stereocenters. The zero-order chi connectivity index (χ0) is 18.8. The van der Waals surface area contributed by atoms with Crippen molar-refractivity contribution < 1.29 is 4.79 Å². The normalized spacial score (nSPS) is 11.0. The summed E-state index contributed by atoms with van der Waals surface area (Å²) in [6, 6.07) is 9.94. The van der Waals surface area contributed by atoms with Crippen LogP contribution in [-0.4, -0.2) is 31.8 Å². The highest BCUT2D eigenvalue weighted by Gasteiger charge is 2.17. The zero-order valence-electron chi connectivity index (χ0n) is 14.6. The highest BCUT2D eigenvalue weighted by atomic mass is 32.2. The molecule has 0 radical (unpaired) electrons. The third-order valence-electron chi connectivity index (χ3n) is 3.65. The van der Waals surface area contributed by atoms with Gasteiger partial charge in [-0.15, -0.1) is 32.9 Å². The minimum Gasteiger partial charge on any atom is -0.301 e. The molecular weight excluding hydrogens is 398 g/mol. The van der Waals surface area contributed by atoms with Gasteiger partial charge in [-0.2, -0.15) is 0 Å². The summed E-state index contributed by atoms with van der Waals surface area (Å²) >= 11 is 4.34. The number of thiazole rings is 2. The predicted molar refractivity (Wildman–Crippen MR) is 112 cm³/mol. The lowest BCUT2D eigenvalue weighted by atomic mass is 10.1. The molecule has 136 valence electrons. The summed E-state index contributed by atoms with van der Waals surface area (Å²) in [7, 11) is 0. The monoisotopic (exact) mass is 413 g/mol. The van der Waals surface area contributed by atoms with Crippen LogP contribution < -0.4 is 5.32 Å². The number of aromatic nitrogens is 4. The average molecular weight is 414 g/mol. The minimum atomic E-state index is -0.122. The van der Waals surface area contributed by atoms with E-state index in [-0.39, 0.29) is 11.7 Å². The van der Waals surface area contributed by atoms with E-state index in [0.29, 0.717) is 10.2 Å². The number of amides is 1. The summed E-state index contributed by atoms with van der Waals surface area (Å²) in [6.45, 7) is 3.86. The highest BCUT2D eigenvalue weighted by Crippen LogP contribution is 2.35. The first-order chi connectivity index (χ1) is 13.1. The summed E-state index contributed by atoms with van der Waals surface area (Å²) in [6.07, 6.45) is 0. The van der Waals surface area contributed by atoms with Gasteiger partial charge in [0.05, 0.1) is 21.2 Å². The van der Waals surface area contributed by atoms with Crippen LogP contribution in [-0.2, 0) is 4.79 Å². The number of aryl methyl sites for hydroxylation is 2. The lowest BCUT2D eigenvalue weighted by Crippen LogP contribution is -2.14. The van der Waals surface area contributed by atoms with E-state index in [1.54, 1.807) is 11.3 Å². The standard InChI is InChI=1S/C18H15N5OS3/c1-10-8-26-18(19-10)21-13(24)9-25-17-15-16(27-11(2)20-15)14(22-23-17)12-6-4-3-5-7-12/h3-8H,9H2,1-2H3,(H,19,21,24). The van der Waals surface area contributed by atoms with E-state index in [0.717, 1.165) is 32.2 Å². The van der Waals surface area contributed by atoms with Gasteiger partial charge in [-0.1, -0.05) is 42.1 Å². The van der Waals surface area contributed by atoms with Gasteiger partial charge in [0, 0.05) is 10.9 Å². The van der Waals surface area contributed by atoms with Crippen molar-refractivity contribution in [3.8, 4) is 11.3 Å². The second kappa shape index (κ2) is 7.71. The molecule has 1 amide bonds. The first-order valence-corrected chi connectivity index (χ1v) is 10.8. The third-order valence-corrected chi connectivity index (χ3v) is 6.45. The minimum absolute atomic E-state index is 0.122. The second-order valence-corrected chi connectivity index (χ2v) is 8.79. The van der Waals surface area contributed by atoms with Crippen molar-refractivity contribution in [3.05, 3.63) is 46.4 Å². The topological polar surface area (TPSA) is 80.7 Å². The molecule has 3 heterocycles. The molecular formula is C18H15N5OS3. The van der Waals surface area contributed by atoms with Crippen LogP contribution in [0, 0.1) is 13.8 Å². The summed E-state index contributed by atoms with van der Waals surface area (Å²) in [5.41, 5.74) is 3.52. The number of carbonyl (C=O) groups is 1. The number of thioether (sulfide) groups is 1. The number of anilines is 1. The molecule has 0 aliphatic heterocycles. The molecule has 0 aliphatic rings. The summed E-state index contributed by atoms with van der Waals surface area (Å²) < 4.78 is 0.993. The first-order valence-electron chi connectivity index (χ1n) is 8.14. The molecule has 0 saturated heterocycles. The smallest absolute Gasteiger partial charge is 0.236 e. The molecule has 9 heteroatoms. The van der Waals surface area contributed by atoms with Crippen LogP contribution in [0.2, 0.25) is 0 Å². The van der Waals surface area contributed by atoms with Gasteiger partial charge in [0.2, 0.25) is 5.91 Å². The molecule has 6 nitrogen and oxygen atoms in total. The third kappa shape index (κ3) is 4.00. The molecule has 0 atom stereocenters. The van der Waals surface area contributed by atoms with Crippen molar-refractivity contribution in [3.63, 3.8) is 0 Å². The Morgan fingerprint density at radius 3 is 2.70 bits per heavy atom. The van der Waals surface area contributed by atoms with E-state index in [1.165, 1.54) is 23.1 Å². The molecule has 0 fully saturated rings. The second-order valence-electron chi connectivity index (χ2n) is 5.76. The van der Waals surface area contributed by atoms with Crippen molar-refractivity contribution in [2.45, 2.75) is 18.9 Å². The van der Waals surface area contributed by atoms with Crippen molar-refractivity contribution in [1.82, 2.24) is 20.2 Å². The number of nitrogens with one attached hydrogen (secondary N) is 1. The Bertz CT molecular complexity index is 1110. The van der Waals surface area contributed by atoms with Crippen molar-refractivity contribution >= 4 is 55.7 Å². The molecule has 4 aromatic rings. The number of nitrogens with zero attached hydrogens (tertiary/aromatic N) is 4. The lowest BCUT2D eigenvalue weighted by molar-refractivity contribution is -0.113. The number of fused-ring (bicyclic) bond motifs is 1. The largest absolute Gasteiger partial charge is 0.301 e. The number of carbonyl (C=O) groups excluding carboxylic acids is 1. The lowest BCUT2D eigenvalue weighted by Gasteiger charge is -2.05. The number of hydrogen-bond acceptors (Lipinski definition) is 8. The fraction of sp³-hybridized carbons (Fsp3) is 0.167.